The molecule has 0 saturated carbocycles. The Bertz CT molecular complexity index is 1610. The number of para-hydroxylation sites is 1. The third kappa shape index (κ3) is 7.04. The van der Waals surface area contributed by atoms with Crippen LogP contribution in [0.25, 0.3) is 0 Å². The summed E-state index contributed by atoms with van der Waals surface area (Å²) in [5.41, 5.74) is 2.23. The summed E-state index contributed by atoms with van der Waals surface area (Å²) in [6.45, 7) is 0.231. The lowest BCUT2D eigenvalue weighted by atomic mass is 10.2. The van der Waals surface area contributed by atoms with Crippen LogP contribution in [-0.4, -0.2) is 35.4 Å². The summed E-state index contributed by atoms with van der Waals surface area (Å²) < 4.78 is 68.0. The van der Waals surface area contributed by atoms with Crippen LogP contribution in [0.3, 0.4) is 0 Å². The van der Waals surface area contributed by atoms with Crippen molar-refractivity contribution in [2.24, 2.45) is 0 Å². The fourth-order valence-corrected chi connectivity index (χ4v) is 6.45. The van der Waals surface area contributed by atoms with E-state index in [-0.39, 0.29) is 29.4 Å². The van der Waals surface area contributed by atoms with Crippen molar-refractivity contribution in [2.45, 2.75) is 29.4 Å². The summed E-state index contributed by atoms with van der Waals surface area (Å²) in [6, 6.07) is 28.7. The van der Waals surface area contributed by atoms with Crippen LogP contribution in [0.4, 0.5) is 0 Å². The van der Waals surface area contributed by atoms with E-state index in [1.165, 1.54) is 35.7 Å². The van der Waals surface area contributed by atoms with Gasteiger partial charge in [-0.2, -0.15) is 4.31 Å². The van der Waals surface area contributed by atoms with Crippen LogP contribution in [0.1, 0.15) is 16.7 Å². The van der Waals surface area contributed by atoms with Crippen LogP contribution in [0.5, 0.6) is 11.5 Å². The fourth-order valence-electron chi connectivity index (χ4n) is 4.02. The van der Waals surface area contributed by atoms with E-state index in [4.69, 9.17) is 9.47 Å². The average molecular weight is 567 g/mol. The first-order valence-corrected chi connectivity index (χ1v) is 15.0. The third-order valence-electron chi connectivity index (χ3n) is 6.11. The second kappa shape index (κ2) is 12.4. The SMILES string of the molecule is COc1cccc(CN(Cc2ccccc2OC)S(=O)(=O)c2ccc(S(=O)(=O)NCc3ccccc3)cc2)c1. The Morgan fingerprint density at radius 1 is 0.667 bits per heavy atom. The standard InChI is InChI=1S/C29H30N2O6S2/c1-36-26-13-8-11-24(19-26)21-31(22-25-12-6-7-14-29(25)37-2)39(34,35)28-17-15-27(16-18-28)38(32,33)30-20-23-9-4-3-5-10-23/h3-19,30H,20-22H2,1-2H3. The summed E-state index contributed by atoms with van der Waals surface area (Å²) in [5, 5.41) is 0. The monoisotopic (exact) mass is 566 g/mol. The Kier molecular flexibility index (Phi) is 9.03. The molecule has 204 valence electrons. The molecule has 8 nitrogen and oxygen atoms in total. The minimum Gasteiger partial charge on any atom is -0.497 e. The van der Waals surface area contributed by atoms with E-state index >= 15 is 0 Å². The van der Waals surface area contributed by atoms with Gasteiger partial charge in [0.2, 0.25) is 20.0 Å². The Morgan fingerprint density at radius 3 is 2.00 bits per heavy atom. The lowest BCUT2D eigenvalue weighted by Gasteiger charge is -2.24. The molecule has 0 radical (unpaired) electrons. The van der Waals surface area contributed by atoms with E-state index in [9.17, 15) is 16.8 Å². The molecule has 0 fully saturated rings. The second-order valence-electron chi connectivity index (χ2n) is 8.72. The van der Waals surface area contributed by atoms with E-state index in [1.807, 2.05) is 48.5 Å². The molecule has 0 saturated heterocycles. The minimum atomic E-state index is -4.04. The predicted molar refractivity (Wildman–Crippen MR) is 149 cm³/mol. The fraction of sp³-hybridized carbons (Fsp3) is 0.172. The van der Waals surface area contributed by atoms with Crippen LogP contribution >= 0.6 is 0 Å². The van der Waals surface area contributed by atoms with Crippen LogP contribution in [0, 0.1) is 0 Å². The number of nitrogens with one attached hydrogen (secondary N) is 1. The van der Waals surface area contributed by atoms with Gasteiger partial charge in [0.15, 0.2) is 0 Å². The van der Waals surface area contributed by atoms with E-state index in [0.717, 1.165) is 11.1 Å². The molecule has 0 bridgehead atoms. The lowest BCUT2D eigenvalue weighted by molar-refractivity contribution is 0.374. The van der Waals surface area contributed by atoms with Gasteiger partial charge in [-0.05, 0) is 53.6 Å². The van der Waals surface area contributed by atoms with Crippen molar-refractivity contribution >= 4 is 20.0 Å². The molecule has 0 spiro atoms. The maximum Gasteiger partial charge on any atom is 0.243 e. The van der Waals surface area contributed by atoms with E-state index in [2.05, 4.69) is 4.72 Å². The van der Waals surface area contributed by atoms with E-state index in [0.29, 0.717) is 17.1 Å². The highest BCUT2D eigenvalue weighted by molar-refractivity contribution is 7.89. The van der Waals surface area contributed by atoms with Gasteiger partial charge in [-0.15, -0.1) is 0 Å². The molecular formula is C29H30N2O6S2. The molecule has 0 aromatic heterocycles. The highest BCUT2D eigenvalue weighted by atomic mass is 32.2. The first-order valence-electron chi connectivity index (χ1n) is 12.1. The zero-order chi connectivity index (χ0) is 27.9. The van der Waals surface area contributed by atoms with Gasteiger partial charge >= 0.3 is 0 Å². The van der Waals surface area contributed by atoms with Crippen LogP contribution < -0.4 is 14.2 Å². The second-order valence-corrected chi connectivity index (χ2v) is 12.4. The Morgan fingerprint density at radius 2 is 1.31 bits per heavy atom. The van der Waals surface area contributed by atoms with Crippen molar-refractivity contribution in [2.75, 3.05) is 14.2 Å². The molecule has 0 aliphatic rings. The number of methoxy groups -OCH3 is 2. The van der Waals surface area contributed by atoms with Gasteiger partial charge in [0.05, 0.1) is 24.0 Å². The number of benzene rings is 4. The Hall–Kier alpha value is -3.70. The molecule has 1 N–H and O–H groups in total. The van der Waals surface area contributed by atoms with Crippen molar-refractivity contribution in [3.63, 3.8) is 0 Å². The Balaban J connectivity index is 1.62. The van der Waals surface area contributed by atoms with E-state index < -0.39 is 20.0 Å². The number of rotatable bonds is 12. The van der Waals surface area contributed by atoms with Gasteiger partial charge < -0.3 is 9.47 Å². The van der Waals surface area contributed by atoms with Crippen molar-refractivity contribution in [1.82, 2.24) is 9.03 Å². The number of ether oxygens (including phenoxy) is 2. The first kappa shape index (κ1) is 28.3. The lowest BCUT2D eigenvalue weighted by Crippen LogP contribution is -2.30. The zero-order valence-electron chi connectivity index (χ0n) is 21.6. The first-order chi connectivity index (χ1) is 18.7. The maximum atomic E-state index is 13.9. The van der Waals surface area contributed by atoms with Gasteiger partial charge in [0.1, 0.15) is 11.5 Å². The number of hydrogen-bond donors (Lipinski definition) is 1. The molecular weight excluding hydrogens is 536 g/mol. The van der Waals surface area contributed by atoms with Crippen molar-refractivity contribution in [3.8, 4) is 11.5 Å². The molecule has 4 aromatic carbocycles. The van der Waals surface area contributed by atoms with E-state index in [1.54, 1.807) is 37.4 Å². The number of hydrogen-bond acceptors (Lipinski definition) is 6. The molecule has 4 aromatic rings. The smallest absolute Gasteiger partial charge is 0.243 e. The van der Waals surface area contributed by atoms with Gasteiger partial charge in [0.25, 0.3) is 0 Å². The molecule has 0 aliphatic heterocycles. The zero-order valence-corrected chi connectivity index (χ0v) is 23.3. The average Bonchev–Trinajstić information content (AvgIpc) is 2.97. The normalized spacial score (nSPS) is 11.9. The number of sulfonamides is 2. The van der Waals surface area contributed by atoms with Crippen LogP contribution in [0.15, 0.2) is 113 Å². The minimum absolute atomic E-state index is 0.0256. The molecule has 0 amide bonds. The summed E-state index contributed by atoms with van der Waals surface area (Å²) in [5.74, 6) is 1.17. The molecule has 39 heavy (non-hydrogen) atoms. The molecule has 0 heterocycles. The third-order valence-corrected chi connectivity index (χ3v) is 9.34. The van der Waals surface area contributed by atoms with Crippen LogP contribution in [0.2, 0.25) is 0 Å². The summed E-state index contributed by atoms with van der Waals surface area (Å²) in [7, 11) is -4.80. The Labute approximate surface area is 229 Å². The highest BCUT2D eigenvalue weighted by Crippen LogP contribution is 2.27. The van der Waals surface area contributed by atoms with Crippen LogP contribution in [-0.2, 0) is 39.7 Å². The topological polar surface area (TPSA) is 102 Å². The molecule has 4 rings (SSSR count). The van der Waals surface area contributed by atoms with Gasteiger partial charge in [-0.3, -0.25) is 0 Å². The van der Waals surface area contributed by atoms with Gasteiger partial charge in [-0.25, -0.2) is 21.6 Å². The maximum absolute atomic E-state index is 13.9. The summed E-state index contributed by atoms with van der Waals surface area (Å²) in [6.07, 6.45) is 0. The quantitative estimate of drug-likeness (QED) is 0.270. The largest absolute Gasteiger partial charge is 0.497 e. The van der Waals surface area contributed by atoms with Crippen molar-refractivity contribution in [3.05, 3.63) is 120 Å². The van der Waals surface area contributed by atoms with Gasteiger partial charge in [0, 0.05) is 25.2 Å². The highest BCUT2D eigenvalue weighted by Gasteiger charge is 2.27. The summed E-state index contributed by atoms with van der Waals surface area (Å²) in [4.78, 5) is -0.0521. The molecule has 0 aliphatic carbocycles. The molecule has 0 atom stereocenters. The molecule has 0 unspecified atom stereocenters. The molecule has 10 heteroatoms. The summed E-state index contributed by atoms with van der Waals surface area (Å²) >= 11 is 0. The number of nitrogens with zero attached hydrogens (tertiary/aromatic N) is 1. The van der Waals surface area contributed by atoms with Crippen molar-refractivity contribution < 1.29 is 26.3 Å². The van der Waals surface area contributed by atoms with Gasteiger partial charge in [-0.1, -0.05) is 60.7 Å². The van der Waals surface area contributed by atoms with Crippen molar-refractivity contribution in [1.29, 1.82) is 0 Å². The predicted octanol–water partition coefficient (Wildman–Crippen LogP) is 4.57.